The zero-order valence-corrected chi connectivity index (χ0v) is 14.9. The number of nitrogens with one attached hydrogen (secondary N) is 3. The average Bonchev–Trinajstić information content (AvgIpc) is 3.06. The predicted molar refractivity (Wildman–Crippen MR) is 98.1 cm³/mol. The molecule has 0 saturated heterocycles. The van der Waals surface area contributed by atoms with Gasteiger partial charge < -0.3 is 5.32 Å². The molecule has 128 valence electrons. The molecule has 0 aliphatic carbocycles. The monoisotopic (exact) mass is 365 g/mol. The van der Waals surface area contributed by atoms with Crippen LogP contribution in [0.3, 0.4) is 0 Å². The number of hydrazine groups is 1. The van der Waals surface area contributed by atoms with Crippen molar-refractivity contribution in [3.05, 3.63) is 30.3 Å². The summed E-state index contributed by atoms with van der Waals surface area (Å²) < 4.78 is 0. The molecule has 0 spiro atoms. The third kappa shape index (κ3) is 6.13. The molecule has 8 nitrogen and oxygen atoms in total. The van der Waals surface area contributed by atoms with Gasteiger partial charge in [-0.3, -0.25) is 15.6 Å². The van der Waals surface area contributed by atoms with Crippen molar-refractivity contribution >= 4 is 35.0 Å². The molecule has 1 amide bonds. The topological polar surface area (TPSA) is 96.8 Å². The second kappa shape index (κ2) is 9.83. The number of carbonyl (C=O) groups is 1. The van der Waals surface area contributed by atoms with Crippen LogP contribution in [0.1, 0.15) is 6.42 Å². The van der Waals surface area contributed by atoms with Crippen LogP contribution in [0.25, 0.3) is 11.4 Å². The predicted octanol–water partition coefficient (Wildman–Crippen LogP) is 0.588. The zero-order chi connectivity index (χ0) is 17.2. The lowest BCUT2D eigenvalue weighted by Gasteiger charge is -2.10. The molecule has 1 heterocycles. The van der Waals surface area contributed by atoms with E-state index in [-0.39, 0.29) is 12.5 Å². The van der Waals surface area contributed by atoms with Crippen LogP contribution in [0.5, 0.6) is 0 Å². The van der Waals surface area contributed by atoms with Crippen LogP contribution in [0.15, 0.2) is 30.3 Å². The molecule has 3 N–H and O–H groups in total. The molecule has 10 heteroatoms. The zero-order valence-electron chi connectivity index (χ0n) is 13.2. The fraction of sp³-hybridized carbons (Fsp3) is 0.357. The Kier molecular flexibility index (Phi) is 7.43. The van der Waals surface area contributed by atoms with E-state index in [1.807, 2.05) is 30.3 Å². The van der Waals surface area contributed by atoms with Crippen LogP contribution in [-0.4, -0.2) is 49.8 Å². The Morgan fingerprint density at radius 2 is 2.08 bits per heavy atom. The minimum Gasteiger partial charge on any atom is -0.361 e. The molecule has 0 unspecified atom stereocenters. The van der Waals surface area contributed by atoms with Crippen LogP contribution < -0.4 is 16.2 Å². The third-order valence-corrected chi connectivity index (χ3v) is 3.84. The van der Waals surface area contributed by atoms with E-state index in [1.165, 1.54) is 4.80 Å². The van der Waals surface area contributed by atoms with E-state index in [1.54, 1.807) is 11.8 Å². The number of thioether (sulfide) groups is 1. The molecule has 1 aromatic carbocycles. The fourth-order valence-corrected chi connectivity index (χ4v) is 2.36. The maximum atomic E-state index is 11.8. The van der Waals surface area contributed by atoms with Gasteiger partial charge in [0, 0.05) is 12.1 Å². The Hall–Kier alpha value is -2.20. The van der Waals surface area contributed by atoms with Crippen molar-refractivity contribution in [2.24, 2.45) is 0 Å². The molecule has 0 radical (unpaired) electrons. The molecule has 0 aliphatic rings. The molecule has 0 bridgehead atoms. The second-order valence-electron chi connectivity index (χ2n) is 4.78. The van der Waals surface area contributed by atoms with Crippen molar-refractivity contribution in [3.63, 3.8) is 0 Å². The lowest BCUT2D eigenvalue weighted by molar-refractivity contribution is -0.122. The molecule has 0 atom stereocenters. The Bertz CT molecular complexity index is 662. The van der Waals surface area contributed by atoms with E-state index in [2.05, 4.69) is 37.8 Å². The molecular weight excluding hydrogens is 346 g/mol. The van der Waals surface area contributed by atoms with Crippen LogP contribution in [0.2, 0.25) is 0 Å². The largest absolute Gasteiger partial charge is 0.361 e. The summed E-state index contributed by atoms with van der Waals surface area (Å²) in [6.45, 7) is 0.704. The van der Waals surface area contributed by atoms with E-state index in [4.69, 9.17) is 12.2 Å². The average molecular weight is 365 g/mol. The number of tetrazole rings is 1. The highest BCUT2D eigenvalue weighted by atomic mass is 32.2. The summed E-state index contributed by atoms with van der Waals surface area (Å²) in [6.07, 6.45) is 3.06. The molecule has 0 aliphatic heterocycles. The number of hydrogen-bond acceptors (Lipinski definition) is 6. The maximum Gasteiger partial charge on any atom is 0.262 e. The summed E-state index contributed by atoms with van der Waals surface area (Å²) >= 11 is 6.84. The van der Waals surface area contributed by atoms with Crippen LogP contribution in [0.4, 0.5) is 0 Å². The van der Waals surface area contributed by atoms with Crippen LogP contribution in [0, 0.1) is 0 Å². The SMILES string of the molecule is CSCCCNC(=S)NNC(=O)Cn1nnc(-c2ccccc2)n1. The van der Waals surface area contributed by atoms with Gasteiger partial charge in [-0.05, 0) is 35.9 Å². The van der Waals surface area contributed by atoms with E-state index < -0.39 is 0 Å². The molecule has 0 saturated carbocycles. The van der Waals surface area contributed by atoms with Crippen LogP contribution >= 0.6 is 24.0 Å². The highest BCUT2D eigenvalue weighted by molar-refractivity contribution is 7.98. The Balaban J connectivity index is 1.73. The minimum atomic E-state index is -0.319. The van der Waals surface area contributed by atoms with Gasteiger partial charge in [0.1, 0.15) is 6.54 Å². The van der Waals surface area contributed by atoms with Crippen molar-refractivity contribution in [2.45, 2.75) is 13.0 Å². The van der Waals surface area contributed by atoms with Gasteiger partial charge in [0.25, 0.3) is 5.91 Å². The van der Waals surface area contributed by atoms with E-state index in [0.29, 0.717) is 10.9 Å². The molecule has 24 heavy (non-hydrogen) atoms. The van der Waals surface area contributed by atoms with Crippen molar-refractivity contribution < 1.29 is 4.79 Å². The van der Waals surface area contributed by atoms with E-state index in [0.717, 1.165) is 24.3 Å². The van der Waals surface area contributed by atoms with Gasteiger partial charge in [-0.25, -0.2) is 0 Å². The Labute approximate surface area is 149 Å². The van der Waals surface area contributed by atoms with E-state index >= 15 is 0 Å². The van der Waals surface area contributed by atoms with Gasteiger partial charge in [0.2, 0.25) is 5.82 Å². The smallest absolute Gasteiger partial charge is 0.262 e. The Morgan fingerprint density at radius 3 is 2.83 bits per heavy atom. The summed E-state index contributed by atoms with van der Waals surface area (Å²) in [6, 6.07) is 9.44. The molecule has 2 rings (SSSR count). The van der Waals surface area contributed by atoms with Crippen molar-refractivity contribution in [1.29, 1.82) is 0 Å². The lowest BCUT2D eigenvalue weighted by Crippen LogP contribution is -2.48. The number of benzene rings is 1. The van der Waals surface area contributed by atoms with Gasteiger partial charge >= 0.3 is 0 Å². The van der Waals surface area contributed by atoms with Crippen molar-refractivity contribution in [1.82, 2.24) is 36.4 Å². The normalized spacial score (nSPS) is 10.2. The first kappa shape index (κ1) is 18.1. The van der Waals surface area contributed by atoms with Gasteiger partial charge in [-0.1, -0.05) is 30.3 Å². The summed E-state index contributed by atoms with van der Waals surface area (Å²) in [4.78, 5) is 13.1. The fourth-order valence-electron chi connectivity index (χ4n) is 1.77. The number of hydrogen-bond donors (Lipinski definition) is 3. The van der Waals surface area contributed by atoms with Crippen molar-refractivity contribution in [2.75, 3.05) is 18.6 Å². The molecule has 1 aromatic heterocycles. The summed E-state index contributed by atoms with van der Waals surface area (Å²) in [5.74, 6) is 1.21. The summed E-state index contributed by atoms with van der Waals surface area (Å²) in [5.41, 5.74) is 5.98. The first-order valence-electron chi connectivity index (χ1n) is 7.34. The number of thiocarbonyl (C=S) groups is 1. The highest BCUT2D eigenvalue weighted by Gasteiger charge is 2.09. The van der Waals surface area contributed by atoms with Gasteiger partial charge in [-0.2, -0.15) is 16.6 Å². The first-order chi connectivity index (χ1) is 11.7. The first-order valence-corrected chi connectivity index (χ1v) is 9.14. The highest BCUT2D eigenvalue weighted by Crippen LogP contribution is 2.11. The number of aromatic nitrogens is 4. The number of rotatable bonds is 7. The van der Waals surface area contributed by atoms with Gasteiger partial charge in [-0.15, -0.1) is 10.2 Å². The second-order valence-corrected chi connectivity index (χ2v) is 6.18. The standard InChI is InChI=1S/C14H19N7OS2/c1-24-9-5-8-15-14(23)18-16-12(22)10-21-19-13(17-20-21)11-6-3-2-4-7-11/h2-4,6-7H,5,8-10H2,1H3,(H,16,22)(H2,15,18,23). The van der Waals surface area contributed by atoms with E-state index in [9.17, 15) is 4.79 Å². The quantitative estimate of drug-likeness (QED) is 0.373. The summed E-state index contributed by atoms with van der Waals surface area (Å²) in [7, 11) is 0. The Morgan fingerprint density at radius 1 is 1.29 bits per heavy atom. The number of carbonyl (C=O) groups excluding carboxylic acids is 1. The minimum absolute atomic E-state index is 0.0536. The molecule has 2 aromatic rings. The lowest BCUT2D eigenvalue weighted by atomic mass is 10.2. The van der Waals surface area contributed by atoms with Crippen LogP contribution in [-0.2, 0) is 11.3 Å². The van der Waals surface area contributed by atoms with Crippen molar-refractivity contribution in [3.8, 4) is 11.4 Å². The summed E-state index contributed by atoms with van der Waals surface area (Å²) in [5, 5.41) is 15.4. The molecule has 0 fully saturated rings. The third-order valence-electron chi connectivity index (χ3n) is 2.90. The van der Waals surface area contributed by atoms with Gasteiger partial charge in [0.05, 0.1) is 0 Å². The number of amides is 1. The number of nitrogens with zero attached hydrogens (tertiary/aromatic N) is 4. The maximum absolute atomic E-state index is 11.8. The molecular formula is C14H19N7OS2. The van der Waals surface area contributed by atoms with Gasteiger partial charge in [0.15, 0.2) is 5.11 Å².